The molecule has 0 bridgehead atoms. The summed E-state index contributed by atoms with van der Waals surface area (Å²) in [6.07, 6.45) is 2.55. The first kappa shape index (κ1) is 11.2. The number of rotatable bonds is 4. The molecule has 2 aromatic rings. The van der Waals surface area contributed by atoms with Crippen LogP contribution in [0, 0.1) is 5.82 Å². The molecule has 2 rings (SSSR count). The van der Waals surface area contributed by atoms with Crippen LogP contribution in [0.1, 0.15) is 16.4 Å². The van der Waals surface area contributed by atoms with E-state index in [1.165, 1.54) is 12.1 Å². The van der Waals surface area contributed by atoms with Crippen molar-refractivity contribution in [3.8, 4) is 0 Å². The van der Waals surface area contributed by atoms with E-state index in [0.717, 1.165) is 16.9 Å². The van der Waals surface area contributed by atoms with Crippen LogP contribution in [0.3, 0.4) is 0 Å². The molecule has 1 atom stereocenters. The molecule has 0 spiro atoms. The minimum absolute atomic E-state index is 0.0149. The summed E-state index contributed by atoms with van der Waals surface area (Å²) in [4.78, 5) is 5.12. The van der Waals surface area contributed by atoms with Crippen molar-refractivity contribution >= 4 is 11.3 Å². The summed E-state index contributed by atoms with van der Waals surface area (Å²) in [6.45, 7) is 0.0591. The van der Waals surface area contributed by atoms with Crippen molar-refractivity contribution in [1.82, 2.24) is 4.98 Å². The largest absolute Gasteiger partial charge is 0.396 e. The zero-order valence-corrected chi connectivity index (χ0v) is 9.45. The molecule has 0 saturated heterocycles. The van der Waals surface area contributed by atoms with Crippen LogP contribution in [0.2, 0.25) is 0 Å². The van der Waals surface area contributed by atoms with Gasteiger partial charge in [-0.15, -0.1) is 11.3 Å². The second-order valence-corrected chi connectivity index (χ2v) is 4.57. The third-order valence-electron chi connectivity index (χ3n) is 2.49. The highest BCUT2D eigenvalue weighted by Crippen LogP contribution is 2.22. The molecule has 4 heteroatoms. The molecule has 0 aliphatic carbocycles. The van der Waals surface area contributed by atoms with Crippen LogP contribution < -0.4 is 0 Å². The van der Waals surface area contributed by atoms with Crippen LogP contribution in [-0.4, -0.2) is 16.7 Å². The Balaban J connectivity index is 2.13. The molecule has 0 amide bonds. The van der Waals surface area contributed by atoms with Crippen molar-refractivity contribution in [1.29, 1.82) is 0 Å². The smallest absolute Gasteiger partial charge is 0.123 e. The third-order valence-corrected chi connectivity index (χ3v) is 3.29. The monoisotopic (exact) mass is 237 g/mol. The highest BCUT2D eigenvalue weighted by atomic mass is 32.1. The van der Waals surface area contributed by atoms with E-state index in [1.807, 2.05) is 0 Å². The van der Waals surface area contributed by atoms with Gasteiger partial charge in [0.1, 0.15) is 5.82 Å². The minimum Gasteiger partial charge on any atom is -0.396 e. The topological polar surface area (TPSA) is 33.1 Å². The number of benzene rings is 1. The molecule has 1 unspecified atom stereocenters. The zero-order chi connectivity index (χ0) is 11.4. The summed E-state index contributed by atoms with van der Waals surface area (Å²) < 4.78 is 12.8. The maximum atomic E-state index is 12.8. The van der Waals surface area contributed by atoms with Crippen LogP contribution in [0.15, 0.2) is 36.0 Å². The highest BCUT2D eigenvalue weighted by molar-refractivity contribution is 7.09. The number of hydrogen-bond acceptors (Lipinski definition) is 3. The molecule has 0 radical (unpaired) electrons. The molecule has 0 fully saturated rings. The van der Waals surface area contributed by atoms with Crippen LogP contribution in [0.25, 0.3) is 0 Å². The Labute approximate surface area is 97.4 Å². The van der Waals surface area contributed by atoms with Crippen molar-refractivity contribution < 1.29 is 9.50 Å². The van der Waals surface area contributed by atoms with Gasteiger partial charge in [0.2, 0.25) is 0 Å². The Hall–Kier alpha value is -1.26. The van der Waals surface area contributed by atoms with E-state index in [0.29, 0.717) is 0 Å². The highest BCUT2D eigenvalue weighted by Gasteiger charge is 2.12. The molecule has 0 aliphatic heterocycles. The molecule has 2 nitrogen and oxygen atoms in total. The summed E-state index contributed by atoms with van der Waals surface area (Å²) in [5.74, 6) is -0.237. The van der Waals surface area contributed by atoms with Gasteiger partial charge in [-0.2, -0.15) is 0 Å². The van der Waals surface area contributed by atoms with Crippen molar-refractivity contribution in [3.63, 3.8) is 0 Å². The maximum absolute atomic E-state index is 12.8. The molecule has 16 heavy (non-hydrogen) atoms. The van der Waals surface area contributed by atoms with E-state index in [4.69, 9.17) is 0 Å². The van der Waals surface area contributed by atoms with Gasteiger partial charge < -0.3 is 5.11 Å². The van der Waals surface area contributed by atoms with Crippen molar-refractivity contribution in [2.75, 3.05) is 6.61 Å². The van der Waals surface area contributed by atoms with Crippen LogP contribution in [0.4, 0.5) is 4.39 Å². The summed E-state index contributed by atoms with van der Waals surface area (Å²) in [5.41, 5.74) is 2.73. The average molecular weight is 237 g/mol. The van der Waals surface area contributed by atoms with Crippen molar-refractivity contribution in [2.24, 2.45) is 0 Å². The van der Waals surface area contributed by atoms with E-state index in [2.05, 4.69) is 4.98 Å². The van der Waals surface area contributed by atoms with Gasteiger partial charge in [0.15, 0.2) is 0 Å². The molecule has 84 valence electrons. The molecular weight excluding hydrogens is 225 g/mol. The second-order valence-electron chi connectivity index (χ2n) is 3.60. The number of aromatic nitrogens is 1. The predicted octanol–water partition coefficient (Wildman–Crippen LogP) is 2.60. The van der Waals surface area contributed by atoms with Gasteiger partial charge in [-0.3, -0.25) is 4.98 Å². The SMILES string of the molecule is OCC(Cc1cncs1)c1ccc(F)cc1. The van der Waals surface area contributed by atoms with Gasteiger partial charge in [-0.25, -0.2) is 4.39 Å². The molecule has 1 aromatic carbocycles. The van der Waals surface area contributed by atoms with Crippen molar-refractivity contribution in [2.45, 2.75) is 12.3 Å². The Kier molecular flexibility index (Phi) is 3.64. The lowest BCUT2D eigenvalue weighted by atomic mass is 9.96. The number of nitrogens with zero attached hydrogens (tertiary/aromatic N) is 1. The second kappa shape index (κ2) is 5.18. The van der Waals surface area contributed by atoms with Crippen molar-refractivity contribution in [3.05, 3.63) is 52.2 Å². The lowest BCUT2D eigenvalue weighted by Gasteiger charge is -2.13. The molecule has 0 saturated carbocycles. The number of thiazole rings is 1. The average Bonchev–Trinajstić information content (AvgIpc) is 2.80. The van der Waals surface area contributed by atoms with Crippen LogP contribution in [-0.2, 0) is 6.42 Å². The predicted molar refractivity (Wildman–Crippen MR) is 62.0 cm³/mol. The molecular formula is C12H12FNOS. The number of aliphatic hydroxyl groups excluding tert-OH is 1. The Morgan fingerprint density at radius 1 is 1.31 bits per heavy atom. The van der Waals surface area contributed by atoms with E-state index < -0.39 is 0 Å². The Morgan fingerprint density at radius 2 is 2.06 bits per heavy atom. The van der Waals surface area contributed by atoms with Gasteiger partial charge in [-0.1, -0.05) is 12.1 Å². The lowest BCUT2D eigenvalue weighted by Crippen LogP contribution is -2.06. The number of halogens is 1. The van der Waals surface area contributed by atoms with Gasteiger partial charge >= 0.3 is 0 Å². The molecule has 1 N–H and O–H groups in total. The van der Waals surface area contributed by atoms with Crippen LogP contribution >= 0.6 is 11.3 Å². The number of aliphatic hydroxyl groups is 1. The quantitative estimate of drug-likeness (QED) is 0.886. The summed E-state index contributed by atoms with van der Waals surface area (Å²) in [7, 11) is 0. The Bertz CT molecular complexity index is 427. The van der Waals surface area contributed by atoms with E-state index in [-0.39, 0.29) is 18.3 Å². The first-order valence-corrected chi connectivity index (χ1v) is 5.91. The standard InChI is InChI=1S/C12H12FNOS/c13-11-3-1-9(2-4-11)10(7-15)5-12-6-14-8-16-12/h1-4,6,8,10,15H,5,7H2. The van der Waals surface area contributed by atoms with Gasteiger partial charge in [0, 0.05) is 17.0 Å². The molecule has 0 aliphatic rings. The van der Waals surface area contributed by atoms with Gasteiger partial charge in [0.05, 0.1) is 12.1 Å². The third kappa shape index (κ3) is 2.65. The van der Waals surface area contributed by atoms with E-state index >= 15 is 0 Å². The van der Waals surface area contributed by atoms with Gasteiger partial charge in [-0.05, 0) is 24.1 Å². The zero-order valence-electron chi connectivity index (χ0n) is 8.64. The fraction of sp³-hybridized carbons (Fsp3) is 0.250. The van der Waals surface area contributed by atoms with Crippen LogP contribution in [0.5, 0.6) is 0 Å². The summed E-state index contributed by atoms with van der Waals surface area (Å²) in [5, 5.41) is 9.34. The van der Waals surface area contributed by atoms with E-state index in [1.54, 1.807) is 35.2 Å². The first-order valence-electron chi connectivity index (χ1n) is 5.03. The summed E-state index contributed by atoms with van der Waals surface area (Å²) in [6, 6.07) is 6.28. The fourth-order valence-corrected chi connectivity index (χ4v) is 2.28. The molecule has 1 heterocycles. The van der Waals surface area contributed by atoms with Gasteiger partial charge in [0.25, 0.3) is 0 Å². The first-order chi connectivity index (χ1) is 7.79. The Morgan fingerprint density at radius 3 is 2.62 bits per heavy atom. The normalized spacial score (nSPS) is 12.6. The minimum atomic E-state index is -0.252. The summed E-state index contributed by atoms with van der Waals surface area (Å²) >= 11 is 1.57. The number of hydrogen-bond donors (Lipinski definition) is 1. The maximum Gasteiger partial charge on any atom is 0.123 e. The van der Waals surface area contributed by atoms with E-state index in [9.17, 15) is 9.50 Å². The molecule has 1 aromatic heterocycles. The fourth-order valence-electron chi connectivity index (χ4n) is 1.61. The lowest BCUT2D eigenvalue weighted by molar-refractivity contribution is 0.265.